The third-order valence-corrected chi connectivity index (χ3v) is 3.21. The minimum absolute atomic E-state index is 0.580. The molecule has 0 radical (unpaired) electrons. The Hall–Kier alpha value is -0.970. The molecule has 1 aromatic rings. The number of aliphatic imine (C=N–C) groups is 1. The molecule has 2 rings (SSSR count). The minimum Gasteiger partial charge on any atom is -0.364 e. The first-order chi connectivity index (χ1) is 6.88. The van der Waals surface area contributed by atoms with Crippen LogP contribution in [-0.4, -0.2) is 22.1 Å². The van der Waals surface area contributed by atoms with E-state index in [1.165, 1.54) is 0 Å². The van der Waals surface area contributed by atoms with Gasteiger partial charge in [0.2, 0.25) is 0 Å². The van der Waals surface area contributed by atoms with E-state index in [1.807, 2.05) is 6.07 Å². The molecule has 1 atom stereocenters. The van der Waals surface area contributed by atoms with Crippen molar-refractivity contribution in [1.82, 2.24) is 10.5 Å². The standard InChI is InChI=1S/C9H13N3OS/c1-2-7-6-14-9(11-7)10-5-8-3-4-13-12-8/h3-4,7H,2,5-6H2,1H3,(H,10,11). The molecule has 0 amide bonds. The van der Waals surface area contributed by atoms with Gasteiger partial charge in [-0.3, -0.25) is 4.99 Å². The summed E-state index contributed by atoms with van der Waals surface area (Å²) in [4.78, 5) is 4.41. The van der Waals surface area contributed by atoms with E-state index in [2.05, 4.69) is 22.4 Å². The Morgan fingerprint density at radius 2 is 2.71 bits per heavy atom. The second kappa shape index (κ2) is 4.50. The quantitative estimate of drug-likeness (QED) is 0.826. The Bertz CT molecular complexity index is 310. The normalized spacial score (nSPS) is 24.1. The number of aromatic nitrogens is 1. The second-order valence-corrected chi connectivity index (χ2v) is 4.18. The molecule has 2 heterocycles. The zero-order valence-electron chi connectivity index (χ0n) is 8.06. The lowest BCUT2D eigenvalue weighted by atomic mass is 10.3. The first-order valence-electron chi connectivity index (χ1n) is 4.71. The third-order valence-electron chi connectivity index (χ3n) is 2.12. The van der Waals surface area contributed by atoms with Crippen molar-refractivity contribution in [3.63, 3.8) is 0 Å². The van der Waals surface area contributed by atoms with E-state index in [0.717, 1.165) is 23.0 Å². The van der Waals surface area contributed by atoms with Crippen LogP contribution in [0.1, 0.15) is 19.0 Å². The molecule has 0 saturated carbocycles. The van der Waals surface area contributed by atoms with E-state index < -0.39 is 0 Å². The number of rotatable bonds is 3. The van der Waals surface area contributed by atoms with Crippen LogP contribution in [0.4, 0.5) is 0 Å². The van der Waals surface area contributed by atoms with Crippen LogP contribution in [0.25, 0.3) is 0 Å². The summed E-state index contributed by atoms with van der Waals surface area (Å²) >= 11 is 1.78. The molecule has 1 aliphatic heterocycles. The molecule has 76 valence electrons. The van der Waals surface area contributed by atoms with Gasteiger partial charge in [-0.15, -0.1) is 0 Å². The molecular weight excluding hydrogens is 198 g/mol. The second-order valence-electron chi connectivity index (χ2n) is 3.17. The van der Waals surface area contributed by atoms with Crippen molar-refractivity contribution in [3.8, 4) is 0 Å². The summed E-state index contributed by atoms with van der Waals surface area (Å²) in [6, 6.07) is 2.41. The van der Waals surface area contributed by atoms with E-state index >= 15 is 0 Å². The molecule has 0 spiro atoms. The zero-order chi connectivity index (χ0) is 9.80. The van der Waals surface area contributed by atoms with Crippen molar-refractivity contribution in [1.29, 1.82) is 0 Å². The largest absolute Gasteiger partial charge is 0.364 e. The van der Waals surface area contributed by atoms with Gasteiger partial charge in [-0.2, -0.15) is 0 Å². The fraction of sp³-hybridized carbons (Fsp3) is 0.556. The molecule has 1 aromatic heterocycles. The van der Waals surface area contributed by atoms with E-state index in [1.54, 1.807) is 18.0 Å². The molecule has 1 aliphatic rings. The number of nitrogens with one attached hydrogen (secondary N) is 1. The van der Waals surface area contributed by atoms with Gasteiger partial charge in [-0.05, 0) is 6.42 Å². The molecule has 0 bridgehead atoms. The van der Waals surface area contributed by atoms with Crippen molar-refractivity contribution in [3.05, 3.63) is 18.0 Å². The van der Waals surface area contributed by atoms with Crippen molar-refractivity contribution in [2.24, 2.45) is 4.99 Å². The van der Waals surface area contributed by atoms with Crippen LogP contribution in [0.5, 0.6) is 0 Å². The fourth-order valence-corrected chi connectivity index (χ4v) is 2.30. The summed E-state index contributed by atoms with van der Waals surface area (Å²) in [5.41, 5.74) is 0.875. The Labute approximate surface area is 87.1 Å². The number of amidine groups is 1. The van der Waals surface area contributed by atoms with Gasteiger partial charge in [0, 0.05) is 17.9 Å². The maximum Gasteiger partial charge on any atom is 0.157 e. The van der Waals surface area contributed by atoms with Crippen LogP contribution in [0.3, 0.4) is 0 Å². The fourth-order valence-electron chi connectivity index (χ4n) is 1.22. The van der Waals surface area contributed by atoms with Gasteiger partial charge >= 0.3 is 0 Å². The Kier molecular flexibility index (Phi) is 3.08. The van der Waals surface area contributed by atoms with Crippen molar-refractivity contribution in [2.75, 3.05) is 5.75 Å². The van der Waals surface area contributed by atoms with E-state index in [4.69, 9.17) is 4.52 Å². The molecule has 5 heteroatoms. The van der Waals surface area contributed by atoms with Crippen molar-refractivity contribution >= 4 is 16.9 Å². The van der Waals surface area contributed by atoms with Gasteiger partial charge in [-0.1, -0.05) is 23.8 Å². The smallest absolute Gasteiger partial charge is 0.157 e. The summed E-state index contributed by atoms with van der Waals surface area (Å²) in [7, 11) is 0. The third kappa shape index (κ3) is 2.29. The summed E-state index contributed by atoms with van der Waals surface area (Å²) < 4.78 is 4.73. The van der Waals surface area contributed by atoms with Gasteiger partial charge in [0.05, 0.1) is 6.54 Å². The number of hydrogen-bond acceptors (Lipinski definition) is 4. The summed E-state index contributed by atoms with van der Waals surface area (Å²) in [6.07, 6.45) is 2.72. The highest BCUT2D eigenvalue weighted by Gasteiger charge is 2.17. The van der Waals surface area contributed by atoms with Crippen molar-refractivity contribution < 1.29 is 4.52 Å². The summed E-state index contributed by atoms with van der Waals surface area (Å²) in [5.74, 6) is 1.12. The van der Waals surface area contributed by atoms with E-state index in [0.29, 0.717) is 12.6 Å². The number of thioether (sulfide) groups is 1. The van der Waals surface area contributed by atoms with Gasteiger partial charge in [0.1, 0.15) is 12.0 Å². The average molecular weight is 211 g/mol. The van der Waals surface area contributed by atoms with Gasteiger partial charge in [0.15, 0.2) is 5.17 Å². The Morgan fingerprint density at radius 1 is 1.79 bits per heavy atom. The lowest BCUT2D eigenvalue weighted by molar-refractivity contribution is 0.412. The Morgan fingerprint density at radius 3 is 3.36 bits per heavy atom. The van der Waals surface area contributed by atoms with Gasteiger partial charge < -0.3 is 9.84 Å². The van der Waals surface area contributed by atoms with Gasteiger partial charge in [0.25, 0.3) is 0 Å². The lowest BCUT2D eigenvalue weighted by Crippen LogP contribution is -2.25. The van der Waals surface area contributed by atoms with Crippen LogP contribution in [0.2, 0.25) is 0 Å². The molecular formula is C9H13N3OS. The number of nitrogens with zero attached hydrogens (tertiary/aromatic N) is 2. The maximum absolute atomic E-state index is 4.73. The molecule has 0 aromatic carbocycles. The van der Waals surface area contributed by atoms with Crippen LogP contribution in [0, 0.1) is 0 Å². The monoisotopic (exact) mass is 211 g/mol. The molecule has 14 heavy (non-hydrogen) atoms. The first-order valence-corrected chi connectivity index (χ1v) is 5.70. The molecule has 1 unspecified atom stereocenters. The predicted molar refractivity (Wildman–Crippen MR) is 57.3 cm³/mol. The van der Waals surface area contributed by atoms with Crippen LogP contribution in [-0.2, 0) is 6.54 Å². The average Bonchev–Trinajstić information content (AvgIpc) is 2.86. The van der Waals surface area contributed by atoms with E-state index in [-0.39, 0.29) is 0 Å². The minimum atomic E-state index is 0.580. The zero-order valence-corrected chi connectivity index (χ0v) is 8.88. The highest BCUT2D eigenvalue weighted by atomic mass is 32.2. The molecule has 1 N–H and O–H groups in total. The molecule has 4 nitrogen and oxygen atoms in total. The van der Waals surface area contributed by atoms with Crippen LogP contribution in [0.15, 0.2) is 21.8 Å². The summed E-state index contributed by atoms with van der Waals surface area (Å²) in [5, 5.41) is 8.18. The molecule has 1 fully saturated rings. The maximum atomic E-state index is 4.73. The van der Waals surface area contributed by atoms with Gasteiger partial charge in [-0.25, -0.2) is 0 Å². The molecule has 1 saturated heterocycles. The molecule has 0 aliphatic carbocycles. The highest BCUT2D eigenvalue weighted by Crippen LogP contribution is 2.16. The van der Waals surface area contributed by atoms with E-state index in [9.17, 15) is 0 Å². The van der Waals surface area contributed by atoms with Crippen LogP contribution < -0.4 is 5.32 Å². The highest BCUT2D eigenvalue weighted by molar-refractivity contribution is 8.14. The number of hydrogen-bond donors (Lipinski definition) is 1. The van der Waals surface area contributed by atoms with Crippen LogP contribution >= 0.6 is 11.8 Å². The first kappa shape index (κ1) is 9.58. The lowest BCUT2D eigenvalue weighted by Gasteiger charge is -2.03. The predicted octanol–water partition coefficient (Wildman–Crippen LogP) is 1.65. The Balaban J connectivity index is 1.87. The summed E-state index contributed by atoms with van der Waals surface area (Å²) in [6.45, 7) is 2.78. The topological polar surface area (TPSA) is 50.4 Å². The van der Waals surface area contributed by atoms with Crippen molar-refractivity contribution in [2.45, 2.75) is 25.9 Å². The SMILES string of the molecule is CCC1CSC(=NCc2ccon2)N1.